The zero-order valence-corrected chi connectivity index (χ0v) is 13.6. The summed E-state index contributed by atoms with van der Waals surface area (Å²) >= 11 is 7.53. The third kappa shape index (κ3) is 3.36. The summed E-state index contributed by atoms with van der Waals surface area (Å²) in [6, 6.07) is 8.13. The first-order chi connectivity index (χ1) is 10.1. The Bertz CT molecular complexity index is 674. The van der Waals surface area contributed by atoms with E-state index in [0.717, 1.165) is 33.2 Å². The van der Waals surface area contributed by atoms with Crippen LogP contribution in [0.25, 0.3) is 10.6 Å². The van der Waals surface area contributed by atoms with Crippen LogP contribution in [0.1, 0.15) is 25.7 Å². The molecule has 2 aromatic rings. The lowest BCUT2D eigenvalue weighted by Crippen LogP contribution is -2.37. The summed E-state index contributed by atoms with van der Waals surface area (Å²) in [6.45, 7) is 0. The number of aryl methyl sites for hydroxylation is 1. The number of halogens is 1. The summed E-state index contributed by atoms with van der Waals surface area (Å²) in [5, 5.41) is 6.25. The van der Waals surface area contributed by atoms with Crippen molar-refractivity contribution >= 4 is 22.9 Å². The second-order valence-electron chi connectivity index (χ2n) is 5.47. The van der Waals surface area contributed by atoms with Crippen molar-refractivity contribution in [3.63, 3.8) is 0 Å². The molecule has 0 aliphatic heterocycles. The number of aromatic nitrogens is 2. The summed E-state index contributed by atoms with van der Waals surface area (Å²) in [6.07, 6.45) is 4.59. The molecule has 1 saturated carbocycles. The highest BCUT2D eigenvalue weighted by Gasteiger charge is 2.21. The van der Waals surface area contributed by atoms with Gasteiger partial charge in [0.05, 0.1) is 6.04 Å². The molecule has 0 saturated heterocycles. The van der Waals surface area contributed by atoms with Crippen LogP contribution in [0.3, 0.4) is 0 Å². The second kappa shape index (κ2) is 6.30. The van der Waals surface area contributed by atoms with Crippen LogP contribution in [0.5, 0.6) is 0 Å². The quantitative estimate of drug-likeness (QED) is 0.924. The molecule has 4 nitrogen and oxygen atoms in total. The minimum absolute atomic E-state index is 0.180. The number of nitrogens with two attached hydrogens (primary N) is 1. The van der Waals surface area contributed by atoms with E-state index in [-0.39, 0.29) is 12.1 Å². The van der Waals surface area contributed by atoms with Gasteiger partial charge in [-0.1, -0.05) is 47.9 Å². The standard InChI is InChI=1S/C15H19ClN4S/c1-20-15(18-13-5-3-2-4-12(13)17)21-14(19-20)10-6-8-11(16)9-7-10/h6-9,12-13H,2-5,17H2,1H3/b18-15-. The molecule has 2 N–H and O–H groups in total. The lowest BCUT2D eigenvalue weighted by atomic mass is 9.92. The van der Waals surface area contributed by atoms with Gasteiger partial charge >= 0.3 is 0 Å². The van der Waals surface area contributed by atoms with Crippen molar-refractivity contribution in [3.8, 4) is 10.6 Å². The molecule has 0 radical (unpaired) electrons. The molecule has 1 fully saturated rings. The van der Waals surface area contributed by atoms with E-state index < -0.39 is 0 Å². The van der Waals surface area contributed by atoms with Crippen molar-refractivity contribution in [1.29, 1.82) is 0 Å². The maximum absolute atomic E-state index is 6.18. The van der Waals surface area contributed by atoms with Crippen molar-refractivity contribution < 1.29 is 0 Å². The molecule has 2 unspecified atom stereocenters. The molecule has 0 spiro atoms. The molecule has 0 bridgehead atoms. The molecule has 21 heavy (non-hydrogen) atoms. The fraction of sp³-hybridized carbons (Fsp3) is 0.467. The Morgan fingerprint density at radius 3 is 2.71 bits per heavy atom. The van der Waals surface area contributed by atoms with Gasteiger partial charge in [-0.3, -0.25) is 4.99 Å². The molecule has 2 atom stereocenters. The van der Waals surface area contributed by atoms with Gasteiger partial charge in [0.15, 0.2) is 0 Å². The van der Waals surface area contributed by atoms with E-state index in [9.17, 15) is 0 Å². The normalized spacial score (nSPS) is 23.5. The monoisotopic (exact) mass is 322 g/mol. The van der Waals surface area contributed by atoms with E-state index in [2.05, 4.69) is 5.10 Å². The van der Waals surface area contributed by atoms with Crippen LogP contribution in [-0.4, -0.2) is 21.9 Å². The van der Waals surface area contributed by atoms with Crippen molar-refractivity contribution in [3.05, 3.63) is 34.1 Å². The van der Waals surface area contributed by atoms with E-state index in [0.29, 0.717) is 0 Å². The highest BCUT2D eigenvalue weighted by atomic mass is 35.5. The Hall–Kier alpha value is -1.17. The minimum atomic E-state index is 0.180. The summed E-state index contributed by atoms with van der Waals surface area (Å²) in [4.78, 5) is 5.76. The Balaban J connectivity index is 1.92. The van der Waals surface area contributed by atoms with E-state index in [4.69, 9.17) is 22.3 Å². The Labute approximate surface area is 133 Å². The van der Waals surface area contributed by atoms with Gasteiger partial charge in [0.2, 0.25) is 4.80 Å². The van der Waals surface area contributed by atoms with Gasteiger partial charge in [0.1, 0.15) is 5.01 Å². The lowest BCUT2D eigenvalue weighted by molar-refractivity contribution is 0.379. The number of benzene rings is 1. The van der Waals surface area contributed by atoms with E-state index in [1.807, 2.05) is 36.0 Å². The van der Waals surface area contributed by atoms with Crippen molar-refractivity contribution in [1.82, 2.24) is 9.78 Å². The first-order valence-corrected chi connectivity index (χ1v) is 8.42. The summed E-state index contributed by atoms with van der Waals surface area (Å²) < 4.78 is 1.84. The molecular formula is C15H19ClN4S. The maximum Gasteiger partial charge on any atom is 0.203 e. The topological polar surface area (TPSA) is 56.2 Å². The second-order valence-corrected chi connectivity index (χ2v) is 6.86. The Morgan fingerprint density at radius 2 is 2.00 bits per heavy atom. The van der Waals surface area contributed by atoms with Crippen LogP contribution in [0.2, 0.25) is 5.02 Å². The average Bonchev–Trinajstić information content (AvgIpc) is 2.83. The van der Waals surface area contributed by atoms with Crippen LogP contribution in [-0.2, 0) is 7.05 Å². The third-order valence-electron chi connectivity index (χ3n) is 3.85. The predicted octanol–water partition coefficient (Wildman–Crippen LogP) is 2.97. The average molecular weight is 323 g/mol. The number of hydrogen-bond acceptors (Lipinski definition) is 4. The fourth-order valence-electron chi connectivity index (χ4n) is 2.61. The molecule has 112 valence electrons. The maximum atomic E-state index is 6.18. The number of rotatable bonds is 2. The van der Waals surface area contributed by atoms with Gasteiger partial charge < -0.3 is 5.73 Å². The number of hydrogen-bond donors (Lipinski definition) is 1. The third-order valence-corrected chi connectivity index (χ3v) is 5.17. The highest BCUT2D eigenvalue weighted by Crippen LogP contribution is 2.22. The predicted molar refractivity (Wildman–Crippen MR) is 87.3 cm³/mol. The minimum Gasteiger partial charge on any atom is -0.326 e. The smallest absolute Gasteiger partial charge is 0.203 e. The lowest BCUT2D eigenvalue weighted by Gasteiger charge is -2.24. The molecule has 0 amide bonds. The van der Waals surface area contributed by atoms with Gasteiger partial charge in [-0.05, 0) is 25.0 Å². The van der Waals surface area contributed by atoms with Gasteiger partial charge in [-0.2, -0.15) is 5.10 Å². The fourth-order valence-corrected chi connectivity index (χ4v) is 3.69. The summed E-state index contributed by atoms with van der Waals surface area (Å²) in [5.41, 5.74) is 7.24. The van der Waals surface area contributed by atoms with Crippen LogP contribution < -0.4 is 10.5 Å². The zero-order valence-electron chi connectivity index (χ0n) is 12.0. The molecule has 1 aliphatic carbocycles. The van der Waals surface area contributed by atoms with Gasteiger partial charge in [-0.15, -0.1) is 0 Å². The first-order valence-electron chi connectivity index (χ1n) is 7.23. The molecule has 1 aliphatic rings. The van der Waals surface area contributed by atoms with Gasteiger partial charge in [-0.25, -0.2) is 4.68 Å². The van der Waals surface area contributed by atoms with E-state index in [1.165, 1.54) is 12.8 Å². The van der Waals surface area contributed by atoms with E-state index >= 15 is 0 Å². The number of nitrogens with zero attached hydrogens (tertiary/aromatic N) is 3. The molecule has 6 heteroatoms. The van der Waals surface area contributed by atoms with Gasteiger partial charge in [0, 0.05) is 23.7 Å². The highest BCUT2D eigenvalue weighted by molar-refractivity contribution is 7.12. The molecular weight excluding hydrogens is 304 g/mol. The first kappa shape index (κ1) is 14.8. The summed E-state index contributed by atoms with van der Waals surface area (Å²) in [7, 11) is 1.93. The Kier molecular flexibility index (Phi) is 4.42. The van der Waals surface area contributed by atoms with Crippen molar-refractivity contribution in [2.24, 2.45) is 17.8 Å². The molecule has 1 aromatic carbocycles. The van der Waals surface area contributed by atoms with Crippen LogP contribution >= 0.6 is 22.9 Å². The SMILES string of the molecule is Cn1nc(-c2ccc(Cl)cc2)s/c1=N\C1CCCCC1N. The van der Waals surface area contributed by atoms with Crippen molar-refractivity contribution in [2.45, 2.75) is 37.8 Å². The van der Waals surface area contributed by atoms with Crippen LogP contribution in [0, 0.1) is 0 Å². The zero-order chi connectivity index (χ0) is 14.8. The van der Waals surface area contributed by atoms with E-state index in [1.54, 1.807) is 11.3 Å². The Morgan fingerprint density at radius 1 is 1.29 bits per heavy atom. The summed E-state index contributed by atoms with van der Waals surface area (Å²) in [5.74, 6) is 0. The molecule has 3 rings (SSSR count). The largest absolute Gasteiger partial charge is 0.326 e. The van der Waals surface area contributed by atoms with Crippen LogP contribution in [0.4, 0.5) is 0 Å². The van der Waals surface area contributed by atoms with Gasteiger partial charge in [0.25, 0.3) is 0 Å². The van der Waals surface area contributed by atoms with Crippen molar-refractivity contribution in [2.75, 3.05) is 0 Å². The molecule has 1 aromatic heterocycles. The van der Waals surface area contributed by atoms with Crippen LogP contribution in [0.15, 0.2) is 29.3 Å². The molecule has 1 heterocycles.